The molecule has 1 N–H and O–H groups in total. The summed E-state index contributed by atoms with van der Waals surface area (Å²) < 4.78 is 0. The molecule has 0 radical (unpaired) electrons. The standard InChI is InChI=1S/C17H29N3/c1-3-10-18-13-16-6-5-7-17(19-16)14-20-11-8-15(4-2)9-12-20/h5-7,15,18H,3-4,8-14H2,1-2H3. The molecular weight excluding hydrogens is 246 g/mol. The minimum absolute atomic E-state index is 0.888. The first-order valence-corrected chi connectivity index (χ1v) is 8.19. The van der Waals surface area contributed by atoms with Gasteiger partial charge in [0.25, 0.3) is 0 Å². The van der Waals surface area contributed by atoms with E-state index in [1.165, 1.54) is 50.2 Å². The molecule has 2 rings (SSSR count). The molecule has 3 nitrogen and oxygen atoms in total. The molecule has 2 heterocycles. The fourth-order valence-electron chi connectivity index (χ4n) is 2.89. The Labute approximate surface area is 123 Å². The molecule has 1 aromatic rings. The highest BCUT2D eigenvalue weighted by molar-refractivity contribution is 5.11. The van der Waals surface area contributed by atoms with E-state index in [1.54, 1.807) is 0 Å². The van der Waals surface area contributed by atoms with Gasteiger partial charge in [-0.3, -0.25) is 9.88 Å². The molecule has 0 aliphatic carbocycles. The monoisotopic (exact) mass is 275 g/mol. The van der Waals surface area contributed by atoms with Crippen molar-refractivity contribution in [2.24, 2.45) is 5.92 Å². The van der Waals surface area contributed by atoms with Crippen molar-refractivity contribution >= 4 is 0 Å². The van der Waals surface area contributed by atoms with Crippen LogP contribution in [-0.2, 0) is 13.1 Å². The molecule has 1 aliphatic heterocycles. The Balaban J connectivity index is 1.82. The van der Waals surface area contributed by atoms with Gasteiger partial charge in [0.15, 0.2) is 0 Å². The first-order valence-electron chi connectivity index (χ1n) is 8.19. The number of hydrogen-bond acceptors (Lipinski definition) is 3. The molecule has 1 aliphatic rings. The van der Waals surface area contributed by atoms with Crippen molar-refractivity contribution in [3.8, 4) is 0 Å². The van der Waals surface area contributed by atoms with Crippen LogP contribution >= 0.6 is 0 Å². The zero-order valence-electron chi connectivity index (χ0n) is 13.1. The quantitative estimate of drug-likeness (QED) is 0.775. The molecule has 0 aromatic carbocycles. The van der Waals surface area contributed by atoms with E-state index in [0.717, 1.165) is 25.6 Å². The van der Waals surface area contributed by atoms with Crippen molar-refractivity contribution in [1.29, 1.82) is 0 Å². The molecule has 3 heteroatoms. The van der Waals surface area contributed by atoms with Crippen LogP contribution in [0.15, 0.2) is 18.2 Å². The zero-order valence-corrected chi connectivity index (χ0v) is 13.1. The number of nitrogens with zero attached hydrogens (tertiary/aromatic N) is 2. The maximum Gasteiger partial charge on any atom is 0.0547 e. The van der Waals surface area contributed by atoms with E-state index >= 15 is 0 Å². The highest BCUT2D eigenvalue weighted by atomic mass is 15.1. The van der Waals surface area contributed by atoms with Gasteiger partial charge in [-0.05, 0) is 56.9 Å². The summed E-state index contributed by atoms with van der Waals surface area (Å²) in [5.74, 6) is 0.948. The van der Waals surface area contributed by atoms with Crippen LogP contribution in [0, 0.1) is 5.92 Å². The highest BCUT2D eigenvalue weighted by Crippen LogP contribution is 2.20. The Morgan fingerprint density at radius 2 is 1.95 bits per heavy atom. The van der Waals surface area contributed by atoms with Crippen LogP contribution in [0.1, 0.15) is 50.9 Å². The Bertz CT molecular complexity index is 384. The van der Waals surface area contributed by atoms with E-state index in [4.69, 9.17) is 4.98 Å². The van der Waals surface area contributed by atoms with Gasteiger partial charge in [0.05, 0.1) is 11.4 Å². The lowest BCUT2D eigenvalue weighted by molar-refractivity contribution is 0.173. The average Bonchev–Trinajstić information content (AvgIpc) is 2.49. The summed E-state index contributed by atoms with van der Waals surface area (Å²) in [4.78, 5) is 7.33. The number of hydrogen-bond donors (Lipinski definition) is 1. The van der Waals surface area contributed by atoms with E-state index in [9.17, 15) is 0 Å². The van der Waals surface area contributed by atoms with E-state index in [2.05, 4.69) is 42.3 Å². The fraction of sp³-hybridized carbons (Fsp3) is 0.706. The molecule has 1 fully saturated rings. The van der Waals surface area contributed by atoms with Gasteiger partial charge in [-0.1, -0.05) is 26.3 Å². The SMILES string of the molecule is CCCNCc1cccc(CN2CCC(CC)CC2)n1. The van der Waals surface area contributed by atoms with E-state index < -0.39 is 0 Å². The van der Waals surface area contributed by atoms with Gasteiger partial charge in [-0.25, -0.2) is 0 Å². The Kier molecular flexibility index (Phi) is 6.48. The van der Waals surface area contributed by atoms with Crippen LogP contribution in [0.3, 0.4) is 0 Å². The highest BCUT2D eigenvalue weighted by Gasteiger charge is 2.17. The van der Waals surface area contributed by atoms with Gasteiger partial charge in [0, 0.05) is 13.1 Å². The maximum absolute atomic E-state index is 4.77. The normalized spacial score (nSPS) is 17.5. The first kappa shape index (κ1) is 15.5. The summed E-state index contributed by atoms with van der Waals surface area (Å²) >= 11 is 0. The molecule has 1 saturated heterocycles. The lowest BCUT2D eigenvalue weighted by Crippen LogP contribution is -2.33. The third-order valence-electron chi connectivity index (χ3n) is 4.27. The molecule has 0 atom stereocenters. The lowest BCUT2D eigenvalue weighted by Gasteiger charge is -2.31. The van der Waals surface area contributed by atoms with Crippen molar-refractivity contribution in [2.75, 3.05) is 19.6 Å². The summed E-state index contributed by atoms with van der Waals surface area (Å²) in [6.07, 6.45) is 5.22. The van der Waals surface area contributed by atoms with Gasteiger partial charge >= 0.3 is 0 Å². The van der Waals surface area contributed by atoms with Crippen LogP contribution < -0.4 is 5.32 Å². The lowest BCUT2D eigenvalue weighted by atomic mass is 9.94. The molecule has 0 amide bonds. The van der Waals surface area contributed by atoms with Crippen LogP contribution in [0.4, 0.5) is 0 Å². The topological polar surface area (TPSA) is 28.2 Å². The van der Waals surface area contributed by atoms with Gasteiger partial charge in [0.2, 0.25) is 0 Å². The summed E-state index contributed by atoms with van der Waals surface area (Å²) in [7, 11) is 0. The van der Waals surface area contributed by atoms with Gasteiger partial charge in [-0.15, -0.1) is 0 Å². The Hall–Kier alpha value is -0.930. The molecule has 0 unspecified atom stereocenters. The second kappa shape index (κ2) is 8.38. The van der Waals surface area contributed by atoms with Crippen molar-refractivity contribution in [3.63, 3.8) is 0 Å². The second-order valence-corrected chi connectivity index (χ2v) is 5.92. The number of likely N-dealkylation sites (tertiary alicyclic amines) is 1. The average molecular weight is 275 g/mol. The Morgan fingerprint density at radius 1 is 1.20 bits per heavy atom. The van der Waals surface area contributed by atoms with Crippen LogP contribution in [-0.4, -0.2) is 29.5 Å². The molecule has 0 bridgehead atoms. The van der Waals surface area contributed by atoms with Crippen LogP contribution in [0.2, 0.25) is 0 Å². The molecular formula is C17H29N3. The van der Waals surface area contributed by atoms with Gasteiger partial charge in [0.1, 0.15) is 0 Å². The first-order chi connectivity index (χ1) is 9.81. The molecule has 0 spiro atoms. The summed E-state index contributed by atoms with van der Waals surface area (Å²) in [5, 5.41) is 3.42. The van der Waals surface area contributed by atoms with E-state index in [0.29, 0.717) is 0 Å². The smallest absolute Gasteiger partial charge is 0.0547 e. The predicted molar refractivity (Wildman–Crippen MR) is 84.5 cm³/mol. The minimum atomic E-state index is 0.888. The van der Waals surface area contributed by atoms with Crippen molar-refractivity contribution < 1.29 is 0 Å². The fourth-order valence-corrected chi connectivity index (χ4v) is 2.89. The molecule has 20 heavy (non-hydrogen) atoms. The second-order valence-electron chi connectivity index (χ2n) is 5.92. The van der Waals surface area contributed by atoms with E-state index in [1.807, 2.05) is 0 Å². The predicted octanol–water partition coefficient (Wildman–Crippen LogP) is 3.20. The molecule has 112 valence electrons. The van der Waals surface area contributed by atoms with Crippen molar-refractivity contribution in [2.45, 2.75) is 52.6 Å². The largest absolute Gasteiger partial charge is 0.311 e. The number of piperidine rings is 1. The van der Waals surface area contributed by atoms with Crippen molar-refractivity contribution in [3.05, 3.63) is 29.6 Å². The van der Waals surface area contributed by atoms with Gasteiger partial charge in [-0.2, -0.15) is 0 Å². The third kappa shape index (κ3) is 4.88. The zero-order chi connectivity index (χ0) is 14.2. The van der Waals surface area contributed by atoms with Gasteiger partial charge < -0.3 is 5.32 Å². The van der Waals surface area contributed by atoms with Crippen molar-refractivity contribution in [1.82, 2.24) is 15.2 Å². The Morgan fingerprint density at radius 3 is 2.65 bits per heavy atom. The number of rotatable bonds is 7. The number of pyridine rings is 1. The minimum Gasteiger partial charge on any atom is -0.311 e. The summed E-state index contributed by atoms with van der Waals surface area (Å²) in [6.45, 7) is 9.94. The number of aromatic nitrogens is 1. The molecule has 0 saturated carbocycles. The summed E-state index contributed by atoms with van der Waals surface area (Å²) in [6, 6.07) is 6.43. The maximum atomic E-state index is 4.77. The van der Waals surface area contributed by atoms with Crippen LogP contribution in [0.5, 0.6) is 0 Å². The number of nitrogens with one attached hydrogen (secondary N) is 1. The van der Waals surface area contributed by atoms with Crippen LogP contribution in [0.25, 0.3) is 0 Å². The molecule has 1 aromatic heterocycles. The van der Waals surface area contributed by atoms with E-state index in [-0.39, 0.29) is 0 Å². The summed E-state index contributed by atoms with van der Waals surface area (Å²) in [5.41, 5.74) is 2.38. The third-order valence-corrected chi connectivity index (χ3v) is 4.27.